The number of anilines is 3. The van der Waals surface area contributed by atoms with Crippen LogP contribution in [0.1, 0.15) is 12.8 Å². The Morgan fingerprint density at radius 1 is 0.970 bits per heavy atom. The SMILES string of the molecule is Nc1nc2c(Nc3ccc(S(=O)(=O)N4CCCC4)cc3)nc(-c3c(Cl)cccc3Cl)nc2s1. The van der Waals surface area contributed by atoms with Gasteiger partial charge in [0.05, 0.1) is 20.5 Å². The molecule has 0 spiro atoms. The molecule has 2 aromatic carbocycles. The third-order valence-electron chi connectivity index (χ3n) is 5.28. The third-order valence-corrected chi connectivity index (χ3v) is 8.60. The van der Waals surface area contributed by atoms with Crippen LogP contribution in [0, 0.1) is 0 Å². The molecule has 0 atom stereocenters. The van der Waals surface area contributed by atoms with E-state index in [1.54, 1.807) is 42.5 Å². The Morgan fingerprint density at radius 2 is 1.64 bits per heavy atom. The first-order valence-electron chi connectivity index (χ1n) is 10.1. The number of halogens is 2. The first-order valence-corrected chi connectivity index (χ1v) is 13.1. The summed E-state index contributed by atoms with van der Waals surface area (Å²) in [7, 11) is -3.49. The topological polar surface area (TPSA) is 114 Å². The Morgan fingerprint density at radius 3 is 2.30 bits per heavy atom. The number of benzene rings is 2. The molecule has 5 rings (SSSR count). The Kier molecular flexibility index (Phi) is 5.87. The molecule has 3 N–H and O–H groups in total. The summed E-state index contributed by atoms with van der Waals surface area (Å²) < 4.78 is 27.1. The first kappa shape index (κ1) is 22.3. The maximum Gasteiger partial charge on any atom is 0.243 e. The molecular formula is C21H18Cl2N6O2S2. The Bertz CT molecular complexity index is 1430. The summed E-state index contributed by atoms with van der Waals surface area (Å²) in [6, 6.07) is 11.7. The quantitative estimate of drug-likeness (QED) is 0.372. The summed E-state index contributed by atoms with van der Waals surface area (Å²) in [5.41, 5.74) is 7.56. The van der Waals surface area contributed by atoms with Crippen LogP contribution in [0.2, 0.25) is 10.0 Å². The normalized spacial score (nSPS) is 14.7. The number of thiazole rings is 1. The lowest BCUT2D eigenvalue weighted by Crippen LogP contribution is -2.27. The second-order valence-corrected chi connectivity index (χ2v) is 11.2. The Balaban J connectivity index is 1.52. The highest BCUT2D eigenvalue weighted by Crippen LogP contribution is 2.37. The maximum atomic E-state index is 12.8. The number of nitrogens with zero attached hydrogens (tertiary/aromatic N) is 4. The van der Waals surface area contributed by atoms with Gasteiger partial charge in [-0.15, -0.1) is 0 Å². The number of fused-ring (bicyclic) bond motifs is 1. The van der Waals surface area contributed by atoms with Crippen molar-refractivity contribution in [1.29, 1.82) is 0 Å². The van der Waals surface area contributed by atoms with Crippen LogP contribution in [0.4, 0.5) is 16.6 Å². The molecule has 2 aromatic heterocycles. The van der Waals surface area contributed by atoms with E-state index in [1.165, 1.54) is 15.6 Å². The molecule has 0 radical (unpaired) electrons. The van der Waals surface area contributed by atoms with E-state index in [0.717, 1.165) is 12.8 Å². The van der Waals surface area contributed by atoms with Crippen molar-refractivity contribution >= 4 is 71.5 Å². The van der Waals surface area contributed by atoms with Crippen LogP contribution in [0.5, 0.6) is 0 Å². The molecule has 1 fully saturated rings. The molecule has 0 saturated carbocycles. The van der Waals surface area contributed by atoms with Gasteiger partial charge in [0, 0.05) is 18.8 Å². The van der Waals surface area contributed by atoms with Crippen molar-refractivity contribution < 1.29 is 8.42 Å². The van der Waals surface area contributed by atoms with Gasteiger partial charge in [-0.1, -0.05) is 40.6 Å². The number of hydrogen-bond donors (Lipinski definition) is 2. The van der Waals surface area contributed by atoms with Gasteiger partial charge < -0.3 is 11.1 Å². The number of nitrogens with one attached hydrogen (secondary N) is 1. The predicted molar refractivity (Wildman–Crippen MR) is 133 cm³/mol. The van der Waals surface area contributed by atoms with Gasteiger partial charge in [0.15, 0.2) is 21.6 Å². The smallest absolute Gasteiger partial charge is 0.243 e. The van der Waals surface area contributed by atoms with Crippen molar-refractivity contribution in [2.45, 2.75) is 17.7 Å². The van der Waals surface area contributed by atoms with E-state index in [1.807, 2.05) is 0 Å². The lowest BCUT2D eigenvalue weighted by molar-refractivity contribution is 0.477. The second-order valence-electron chi connectivity index (χ2n) is 7.46. The van der Waals surface area contributed by atoms with Crippen molar-refractivity contribution in [1.82, 2.24) is 19.3 Å². The number of nitrogens with two attached hydrogens (primary N) is 1. The molecule has 12 heteroatoms. The van der Waals surface area contributed by atoms with Gasteiger partial charge in [0.1, 0.15) is 5.52 Å². The van der Waals surface area contributed by atoms with Crippen molar-refractivity contribution in [2.75, 3.05) is 24.1 Å². The Labute approximate surface area is 204 Å². The summed E-state index contributed by atoms with van der Waals surface area (Å²) in [5, 5.41) is 4.38. The molecule has 0 unspecified atom stereocenters. The summed E-state index contributed by atoms with van der Waals surface area (Å²) in [6.07, 6.45) is 1.77. The van der Waals surface area contributed by atoms with Gasteiger partial charge >= 0.3 is 0 Å². The minimum Gasteiger partial charge on any atom is -0.375 e. The number of nitrogen functional groups attached to an aromatic ring is 1. The largest absolute Gasteiger partial charge is 0.375 e. The van der Waals surface area contributed by atoms with Crippen LogP contribution >= 0.6 is 34.5 Å². The summed E-state index contributed by atoms with van der Waals surface area (Å²) >= 11 is 14.0. The van der Waals surface area contributed by atoms with E-state index in [-0.39, 0.29) is 4.90 Å². The van der Waals surface area contributed by atoms with E-state index >= 15 is 0 Å². The summed E-state index contributed by atoms with van der Waals surface area (Å²) in [5.74, 6) is 0.742. The van der Waals surface area contributed by atoms with Gasteiger partial charge in [-0.2, -0.15) is 4.31 Å². The number of aromatic nitrogens is 3. The lowest BCUT2D eigenvalue weighted by atomic mass is 10.2. The highest BCUT2D eigenvalue weighted by molar-refractivity contribution is 7.89. The van der Waals surface area contributed by atoms with E-state index < -0.39 is 10.0 Å². The molecule has 170 valence electrons. The summed E-state index contributed by atoms with van der Waals surface area (Å²) in [6.45, 7) is 1.11. The van der Waals surface area contributed by atoms with Crippen molar-refractivity contribution in [3.8, 4) is 11.4 Å². The van der Waals surface area contributed by atoms with Crippen LogP contribution in [-0.4, -0.2) is 40.8 Å². The van der Waals surface area contributed by atoms with E-state index in [2.05, 4.69) is 20.3 Å². The highest BCUT2D eigenvalue weighted by Gasteiger charge is 2.27. The van der Waals surface area contributed by atoms with Crippen LogP contribution in [0.3, 0.4) is 0 Å². The minimum absolute atomic E-state index is 0.254. The molecule has 4 aromatic rings. The number of rotatable bonds is 5. The van der Waals surface area contributed by atoms with Gasteiger partial charge in [-0.3, -0.25) is 0 Å². The van der Waals surface area contributed by atoms with Gasteiger partial charge in [-0.25, -0.2) is 23.4 Å². The minimum atomic E-state index is -3.49. The van der Waals surface area contributed by atoms with Crippen molar-refractivity contribution in [3.05, 3.63) is 52.5 Å². The van der Waals surface area contributed by atoms with Crippen molar-refractivity contribution in [3.63, 3.8) is 0 Å². The zero-order valence-electron chi connectivity index (χ0n) is 17.1. The molecule has 0 aliphatic carbocycles. The summed E-state index contributed by atoms with van der Waals surface area (Å²) in [4.78, 5) is 14.3. The average Bonchev–Trinajstić information content (AvgIpc) is 3.44. The van der Waals surface area contributed by atoms with Gasteiger partial charge in [-0.05, 0) is 49.2 Å². The molecule has 3 heterocycles. The molecule has 1 saturated heterocycles. The fourth-order valence-electron chi connectivity index (χ4n) is 3.67. The molecule has 0 amide bonds. The van der Waals surface area contributed by atoms with E-state index in [9.17, 15) is 8.42 Å². The van der Waals surface area contributed by atoms with E-state index in [4.69, 9.17) is 28.9 Å². The standard InChI is InChI=1S/C21H18Cl2N6O2S2/c22-14-4-3-5-15(23)16(14)18-27-19(17-20(28-18)32-21(24)26-17)25-12-6-8-13(9-7-12)33(30,31)29-10-1-2-11-29/h3-9H,1-2,10-11H2,(H2,24,26)(H,25,27,28). The van der Waals surface area contributed by atoms with Crippen molar-refractivity contribution in [2.24, 2.45) is 0 Å². The zero-order valence-corrected chi connectivity index (χ0v) is 20.3. The fraction of sp³-hybridized carbons (Fsp3) is 0.190. The van der Waals surface area contributed by atoms with Crippen LogP contribution in [-0.2, 0) is 10.0 Å². The predicted octanol–water partition coefficient (Wildman–Crippen LogP) is 5.17. The molecule has 1 aliphatic heterocycles. The van der Waals surface area contributed by atoms with Gasteiger partial charge in [0.25, 0.3) is 0 Å². The maximum absolute atomic E-state index is 12.8. The molecule has 0 bridgehead atoms. The first-order chi connectivity index (χ1) is 15.8. The number of hydrogen-bond acceptors (Lipinski definition) is 8. The van der Waals surface area contributed by atoms with Crippen LogP contribution in [0.15, 0.2) is 47.4 Å². The molecule has 8 nitrogen and oxygen atoms in total. The second kappa shape index (κ2) is 8.69. The highest BCUT2D eigenvalue weighted by atomic mass is 35.5. The fourth-order valence-corrected chi connectivity index (χ4v) is 6.46. The molecule has 1 aliphatic rings. The van der Waals surface area contributed by atoms with Crippen LogP contribution < -0.4 is 11.1 Å². The lowest BCUT2D eigenvalue weighted by Gasteiger charge is -2.16. The zero-order chi connectivity index (χ0) is 23.2. The average molecular weight is 521 g/mol. The number of sulfonamides is 1. The third kappa shape index (κ3) is 4.24. The Hall–Kier alpha value is -2.50. The van der Waals surface area contributed by atoms with E-state index in [0.29, 0.717) is 61.5 Å². The van der Waals surface area contributed by atoms with Gasteiger partial charge in [0.2, 0.25) is 10.0 Å². The molecular weight excluding hydrogens is 503 g/mol. The molecule has 33 heavy (non-hydrogen) atoms. The monoisotopic (exact) mass is 520 g/mol. The van der Waals surface area contributed by atoms with Crippen LogP contribution in [0.25, 0.3) is 21.7 Å².